The first-order chi connectivity index (χ1) is 13.4. The number of likely N-dealkylation sites (tertiary alicyclic amines) is 1. The Kier molecular flexibility index (Phi) is 5.45. The molecule has 1 atom stereocenters. The molecule has 0 bridgehead atoms. The van der Waals surface area contributed by atoms with E-state index in [9.17, 15) is 0 Å². The van der Waals surface area contributed by atoms with Gasteiger partial charge in [0.2, 0.25) is 0 Å². The van der Waals surface area contributed by atoms with Gasteiger partial charge < -0.3 is 10.1 Å². The fraction of sp³-hybridized carbons (Fsp3) is 0.429. The van der Waals surface area contributed by atoms with Crippen LogP contribution in [0.3, 0.4) is 0 Å². The first kappa shape index (κ1) is 19.4. The number of aromatic nitrogens is 2. The summed E-state index contributed by atoms with van der Waals surface area (Å²) in [5.41, 5.74) is 1.19. The van der Waals surface area contributed by atoms with Crippen molar-refractivity contribution in [2.24, 2.45) is 0 Å². The fourth-order valence-corrected chi connectivity index (χ4v) is 4.63. The maximum Gasteiger partial charge on any atom is 0.184 e. The van der Waals surface area contributed by atoms with Crippen LogP contribution in [0.4, 0.5) is 5.13 Å². The zero-order chi connectivity index (χ0) is 19.7. The summed E-state index contributed by atoms with van der Waals surface area (Å²) in [4.78, 5) is 11.3. The van der Waals surface area contributed by atoms with Gasteiger partial charge in [0.05, 0.1) is 10.2 Å². The lowest BCUT2D eigenvalue weighted by Crippen LogP contribution is -2.50. The summed E-state index contributed by atoms with van der Waals surface area (Å²) in [7, 11) is 0. The molecule has 0 spiro atoms. The largest absolute Gasteiger partial charge is 0.457 e. The van der Waals surface area contributed by atoms with E-state index in [0.717, 1.165) is 27.6 Å². The maximum atomic E-state index is 5.93. The van der Waals surface area contributed by atoms with E-state index < -0.39 is 0 Å². The van der Waals surface area contributed by atoms with Gasteiger partial charge in [-0.2, -0.15) is 0 Å². The SMILES string of the molecule is CC(C)(C)N1CCC[C@H](Nc2nc3ccc(Oc4ccnc(Cl)c4)cc3s2)C1. The Morgan fingerprint density at radius 1 is 1.21 bits per heavy atom. The predicted octanol–water partition coefficient (Wildman–Crippen LogP) is 5.81. The number of rotatable bonds is 4. The van der Waals surface area contributed by atoms with E-state index in [1.165, 1.54) is 19.4 Å². The minimum atomic E-state index is 0.204. The number of thiazole rings is 1. The van der Waals surface area contributed by atoms with E-state index >= 15 is 0 Å². The zero-order valence-electron chi connectivity index (χ0n) is 16.4. The first-order valence-electron chi connectivity index (χ1n) is 9.58. The summed E-state index contributed by atoms with van der Waals surface area (Å²) in [6.07, 6.45) is 4.03. The third-order valence-corrected chi connectivity index (χ3v) is 6.15. The third-order valence-electron chi connectivity index (χ3n) is 4.99. The van der Waals surface area contributed by atoms with Crippen LogP contribution >= 0.6 is 22.9 Å². The van der Waals surface area contributed by atoms with Crippen LogP contribution < -0.4 is 10.1 Å². The molecule has 1 aliphatic rings. The first-order valence-corrected chi connectivity index (χ1v) is 10.8. The Balaban J connectivity index is 1.47. The number of piperidine rings is 1. The number of pyridine rings is 1. The van der Waals surface area contributed by atoms with Gasteiger partial charge in [-0.25, -0.2) is 9.97 Å². The highest BCUT2D eigenvalue weighted by atomic mass is 35.5. The molecule has 7 heteroatoms. The van der Waals surface area contributed by atoms with Gasteiger partial charge in [-0.05, 0) is 58.4 Å². The monoisotopic (exact) mass is 416 g/mol. The summed E-state index contributed by atoms with van der Waals surface area (Å²) in [6, 6.07) is 9.88. The number of ether oxygens (including phenoxy) is 1. The molecule has 3 heterocycles. The van der Waals surface area contributed by atoms with Crippen LogP contribution in [0.15, 0.2) is 36.5 Å². The van der Waals surface area contributed by atoms with E-state index in [1.54, 1.807) is 29.7 Å². The highest BCUT2D eigenvalue weighted by molar-refractivity contribution is 7.22. The van der Waals surface area contributed by atoms with Crippen molar-refractivity contribution < 1.29 is 4.74 Å². The topological polar surface area (TPSA) is 50.3 Å². The van der Waals surface area contributed by atoms with Gasteiger partial charge >= 0.3 is 0 Å². The molecule has 1 aliphatic heterocycles. The molecular formula is C21H25ClN4OS. The zero-order valence-corrected chi connectivity index (χ0v) is 18.0. The van der Waals surface area contributed by atoms with Crippen molar-refractivity contribution in [1.82, 2.24) is 14.9 Å². The Labute approximate surface area is 174 Å². The summed E-state index contributed by atoms with van der Waals surface area (Å²) < 4.78 is 7.01. The van der Waals surface area contributed by atoms with E-state index in [2.05, 4.69) is 36.0 Å². The summed E-state index contributed by atoms with van der Waals surface area (Å²) in [6.45, 7) is 9.07. The number of anilines is 1. The number of nitrogens with zero attached hydrogens (tertiary/aromatic N) is 3. The molecule has 4 rings (SSSR count). The van der Waals surface area contributed by atoms with E-state index in [0.29, 0.717) is 16.9 Å². The molecule has 0 saturated carbocycles. The van der Waals surface area contributed by atoms with Crippen molar-refractivity contribution in [1.29, 1.82) is 0 Å². The van der Waals surface area contributed by atoms with Crippen LogP contribution in [-0.4, -0.2) is 39.5 Å². The Morgan fingerprint density at radius 3 is 2.82 bits per heavy atom. The van der Waals surface area contributed by atoms with Crippen LogP contribution in [0.5, 0.6) is 11.5 Å². The van der Waals surface area contributed by atoms with Crippen molar-refractivity contribution in [3.8, 4) is 11.5 Å². The van der Waals surface area contributed by atoms with Crippen molar-refractivity contribution in [2.45, 2.75) is 45.2 Å². The number of nitrogens with one attached hydrogen (secondary N) is 1. The number of hydrogen-bond acceptors (Lipinski definition) is 6. The van der Waals surface area contributed by atoms with E-state index in [4.69, 9.17) is 21.3 Å². The van der Waals surface area contributed by atoms with Crippen LogP contribution in [0, 0.1) is 0 Å². The second-order valence-electron chi connectivity index (χ2n) is 8.17. The normalized spacial score (nSPS) is 18.4. The van der Waals surface area contributed by atoms with Crippen molar-refractivity contribution in [2.75, 3.05) is 18.4 Å². The number of halogens is 1. The predicted molar refractivity (Wildman–Crippen MR) is 117 cm³/mol. The summed E-state index contributed by atoms with van der Waals surface area (Å²) in [5.74, 6) is 1.44. The van der Waals surface area contributed by atoms with Crippen LogP contribution in [0.25, 0.3) is 10.2 Å². The molecule has 1 aromatic carbocycles. The Bertz CT molecular complexity index is 968. The standard InChI is InChI=1S/C21H25ClN4OS/c1-21(2,3)26-10-4-5-14(13-26)24-20-25-17-7-6-15(11-18(17)28-20)27-16-8-9-23-19(22)12-16/h6-9,11-12,14H,4-5,10,13H2,1-3H3,(H,24,25)/t14-/m0/s1. The molecule has 1 fully saturated rings. The molecule has 0 unspecified atom stereocenters. The molecule has 28 heavy (non-hydrogen) atoms. The molecule has 148 valence electrons. The molecule has 0 aliphatic carbocycles. The lowest BCUT2D eigenvalue weighted by atomic mass is 9.98. The lowest BCUT2D eigenvalue weighted by molar-refractivity contribution is 0.104. The summed E-state index contributed by atoms with van der Waals surface area (Å²) >= 11 is 7.60. The second kappa shape index (κ2) is 7.85. The van der Waals surface area contributed by atoms with Gasteiger partial charge in [-0.3, -0.25) is 4.90 Å². The average molecular weight is 417 g/mol. The molecular weight excluding hydrogens is 392 g/mol. The van der Waals surface area contributed by atoms with Gasteiger partial charge in [0.25, 0.3) is 0 Å². The molecule has 3 aromatic rings. The number of hydrogen-bond donors (Lipinski definition) is 1. The Morgan fingerprint density at radius 2 is 2.04 bits per heavy atom. The van der Waals surface area contributed by atoms with Gasteiger partial charge in [0.15, 0.2) is 5.13 Å². The molecule has 0 amide bonds. The average Bonchev–Trinajstić information content (AvgIpc) is 3.03. The van der Waals surface area contributed by atoms with Gasteiger partial charge in [-0.15, -0.1) is 0 Å². The van der Waals surface area contributed by atoms with Crippen LogP contribution in [0.2, 0.25) is 5.15 Å². The number of fused-ring (bicyclic) bond motifs is 1. The van der Waals surface area contributed by atoms with Crippen LogP contribution in [-0.2, 0) is 0 Å². The van der Waals surface area contributed by atoms with Gasteiger partial charge in [0, 0.05) is 36.5 Å². The minimum Gasteiger partial charge on any atom is -0.457 e. The quantitative estimate of drug-likeness (QED) is 0.543. The smallest absolute Gasteiger partial charge is 0.184 e. The molecule has 5 nitrogen and oxygen atoms in total. The van der Waals surface area contributed by atoms with Crippen molar-refractivity contribution >= 4 is 38.3 Å². The molecule has 1 N–H and O–H groups in total. The highest BCUT2D eigenvalue weighted by Gasteiger charge is 2.28. The minimum absolute atomic E-state index is 0.204. The third kappa shape index (κ3) is 4.57. The number of benzene rings is 1. The fourth-order valence-electron chi connectivity index (χ4n) is 3.49. The van der Waals surface area contributed by atoms with E-state index in [-0.39, 0.29) is 5.54 Å². The molecule has 2 aromatic heterocycles. The van der Waals surface area contributed by atoms with Gasteiger partial charge in [-0.1, -0.05) is 22.9 Å². The second-order valence-corrected chi connectivity index (χ2v) is 9.58. The molecule has 1 saturated heterocycles. The van der Waals surface area contributed by atoms with Gasteiger partial charge in [0.1, 0.15) is 16.7 Å². The van der Waals surface area contributed by atoms with Crippen molar-refractivity contribution in [3.63, 3.8) is 0 Å². The van der Waals surface area contributed by atoms with Crippen LogP contribution in [0.1, 0.15) is 33.6 Å². The molecule has 0 radical (unpaired) electrons. The summed E-state index contributed by atoms with van der Waals surface area (Å²) in [5, 5.41) is 5.04. The Hall–Kier alpha value is -1.89. The lowest BCUT2D eigenvalue weighted by Gasteiger charge is -2.41. The highest BCUT2D eigenvalue weighted by Crippen LogP contribution is 2.32. The maximum absolute atomic E-state index is 5.93. The van der Waals surface area contributed by atoms with E-state index in [1.807, 2.05) is 18.2 Å². The van der Waals surface area contributed by atoms with Crippen molar-refractivity contribution in [3.05, 3.63) is 41.7 Å².